The summed E-state index contributed by atoms with van der Waals surface area (Å²) in [6.45, 7) is 1.75. The molecule has 2 fully saturated rings. The Kier molecular flexibility index (Phi) is 5.65. The Labute approximate surface area is 116 Å². The maximum atomic E-state index is 12.1. The third-order valence-electron chi connectivity index (χ3n) is 4.29. The van der Waals surface area contributed by atoms with Gasteiger partial charge in [0.25, 0.3) is 0 Å². The van der Waals surface area contributed by atoms with Gasteiger partial charge < -0.3 is 4.90 Å². The molecule has 1 saturated heterocycles. The molecule has 1 aliphatic heterocycles. The second kappa shape index (κ2) is 7.49. The van der Waals surface area contributed by atoms with E-state index in [-0.39, 0.29) is 11.9 Å². The quantitative estimate of drug-likeness (QED) is 0.846. The van der Waals surface area contributed by atoms with Crippen LogP contribution in [0, 0.1) is 11.3 Å². The first-order valence-corrected chi connectivity index (χ1v) is 7.73. The van der Waals surface area contributed by atoms with Crippen LogP contribution in [0.5, 0.6) is 0 Å². The van der Waals surface area contributed by atoms with Gasteiger partial charge in [0.2, 0.25) is 5.91 Å². The molecular weight excluding hydrogens is 238 g/mol. The average molecular weight is 263 g/mol. The summed E-state index contributed by atoms with van der Waals surface area (Å²) in [5, 5.41) is 12.6. The van der Waals surface area contributed by atoms with Crippen LogP contribution in [0.15, 0.2) is 0 Å². The Hall–Kier alpha value is -1.08. The number of carbonyl (C=O) groups is 1. The molecule has 106 valence electrons. The van der Waals surface area contributed by atoms with Crippen LogP contribution in [0.3, 0.4) is 0 Å². The van der Waals surface area contributed by atoms with Crippen LogP contribution < -0.4 is 5.32 Å². The summed E-state index contributed by atoms with van der Waals surface area (Å²) in [4.78, 5) is 14.1. The Balaban J connectivity index is 1.77. The first-order valence-electron chi connectivity index (χ1n) is 7.73. The van der Waals surface area contributed by atoms with Crippen LogP contribution in [-0.4, -0.2) is 36.0 Å². The fraction of sp³-hybridized carbons (Fsp3) is 0.867. The Morgan fingerprint density at radius 3 is 2.42 bits per heavy atom. The van der Waals surface area contributed by atoms with E-state index < -0.39 is 0 Å². The third kappa shape index (κ3) is 4.50. The minimum Gasteiger partial charge on any atom is -0.343 e. The highest BCUT2D eigenvalue weighted by molar-refractivity contribution is 5.77. The van der Waals surface area contributed by atoms with Crippen molar-refractivity contribution in [3.8, 4) is 6.07 Å². The molecule has 1 saturated carbocycles. The zero-order valence-corrected chi connectivity index (χ0v) is 11.7. The second-order valence-electron chi connectivity index (χ2n) is 5.83. The number of piperidine rings is 1. The molecule has 0 spiro atoms. The van der Waals surface area contributed by atoms with Gasteiger partial charge >= 0.3 is 0 Å². The van der Waals surface area contributed by atoms with Gasteiger partial charge in [-0.05, 0) is 32.1 Å². The molecule has 0 aromatic heterocycles. The summed E-state index contributed by atoms with van der Waals surface area (Å²) in [7, 11) is 0. The molecule has 4 heteroatoms. The standard InChI is InChI=1S/C15H25N3O/c16-12-14(17-13-7-3-1-4-8-13)11-15(19)18-9-5-2-6-10-18/h13-14,17H,1-11H2. The average Bonchev–Trinajstić information content (AvgIpc) is 2.48. The lowest BCUT2D eigenvalue weighted by molar-refractivity contribution is -0.132. The summed E-state index contributed by atoms with van der Waals surface area (Å²) in [6.07, 6.45) is 9.89. The number of amides is 1. The largest absolute Gasteiger partial charge is 0.343 e. The van der Waals surface area contributed by atoms with E-state index in [1.807, 2.05) is 4.90 Å². The van der Waals surface area contributed by atoms with Crippen molar-refractivity contribution in [2.24, 2.45) is 0 Å². The zero-order valence-electron chi connectivity index (χ0n) is 11.7. The van der Waals surface area contributed by atoms with Crippen LogP contribution in [0.1, 0.15) is 57.8 Å². The fourth-order valence-corrected chi connectivity index (χ4v) is 3.14. The van der Waals surface area contributed by atoms with Gasteiger partial charge in [-0.1, -0.05) is 19.3 Å². The monoisotopic (exact) mass is 263 g/mol. The number of carbonyl (C=O) groups excluding carboxylic acids is 1. The Morgan fingerprint density at radius 2 is 1.79 bits per heavy atom. The molecule has 1 aliphatic carbocycles. The fourth-order valence-electron chi connectivity index (χ4n) is 3.14. The van der Waals surface area contributed by atoms with Crippen molar-refractivity contribution < 1.29 is 4.79 Å². The van der Waals surface area contributed by atoms with Crippen molar-refractivity contribution in [2.75, 3.05) is 13.1 Å². The number of nitrogens with one attached hydrogen (secondary N) is 1. The molecular formula is C15H25N3O. The van der Waals surface area contributed by atoms with E-state index in [2.05, 4.69) is 11.4 Å². The smallest absolute Gasteiger partial charge is 0.225 e. The molecule has 1 unspecified atom stereocenters. The maximum absolute atomic E-state index is 12.1. The van der Waals surface area contributed by atoms with Gasteiger partial charge in [0.1, 0.15) is 6.04 Å². The van der Waals surface area contributed by atoms with Crippen molar-refractivity contribution in [1.82, 2.24) is 10.2 Å². The highest BCUT2D eigenvalue weighted by Crippen LogP contribution is 2.18. The summed E-state index contributed by atoms with van der Waals surface area (Å²) >= 11 is 0. The van der Waals surface area contributed by atoms with Crippen LogP contribution >= 0.6 is 0 Å². The molecule has 2 aliphatic rings. The van der Waals surface area contributed by atoms with Crippen LogP contribution in [-0.2, 0) is 4.79 Å². The molecule has 1 amide bonds. The van der Waals surface area contributed by atoms with Crippen molar-refractivity contribution in [3.63, 3.8) is 0 Å². The molecule has 2 rings (SSSR count). The predicted molar refractivity (Wildman–Crippen MR) is 74.5 cm³/mol. The van der Waals surface area contributed by atoms with Gasteiger partial charge in [-0.15, -0.1) is 0 Å². The lowest BCUT2D eigenvalue weighted by Crippen LogP contribution is -2.43. The number of likely N-dealkylation sites (tertiary alicyclic amines) is 1. The van der Waals surface area contributed by atoms with E-state index in [9.17, 15) is 10.1 Å². The number of nitriles is 1. The summed E-state index contributed by atoms with van der Waals surface area (Å²) in [5.41, 5.74) is 0. The molecule has 0 aromatic rings. The lowest BCUT2D eigenvalue weighted by atomic mass is 9.94. The molecule has 19 heavy (non-hydrogen) atoms. The van der Waals surface area contributed by atoms with Gasteiger partial charge in [0, 0.05) is 19.1 Å². The van der Waals surface area contributed by atoms with Gasteiger partial charge in [-0.2, -0.15) is 5.26 Å². The third-order valence-corrected chi connectivity index (χ3v) is 4.29. The molecule has 0 radical (unpaired) electrons. The topological polar surface area (TPSA) is 56.1 Å². The molecule has 0 bridgehead atoms. The highest BCUT2D eigenvalue weighted by atomic mass is 16.2. The minimum atomic E-state index is -0.308. The Morgan fingerprint density at radius 1 is 1.16 bits per heavy atom. The van der Waals surface area contributed by atoms with Gasteiger partial charge in [0.15, 0.2) is 0 Å². The lowest BCUT2D eigenvalue weighted by Gasteiger charge is -2.29. The first kappa shape index (κ1) is 14.3. The number of hydrogen-bond acceptors (Lipinski definition) is 3. The van der Waals surface area contributed by atoms with Crippen molar-refractivity contribution >= 4 is 5.91 Å². The molecule has 0 aromatic carbocycles. The Bertz CT molecular complexity index is 325. The number of rotatable bonds is 4. The van der Waals surface area contributed by atoms with Crippen LogP contribution in [0.4, 0.5) is 0 Å². The van der Waals surface area contributed by atoms with Crippen molar-refractivity contribution in [3.05, 3.63) is 0 Å². The predicted octanol–water partition coefficient (Wildman–Crippen LogP) is 2.20. The van der Waals surface area contributed by atoms with E-state index in [0.29, 0.717) is 12.5 Å². The molecule has 4 nitrogen and oxygen atoms in total. The van der Waals surface area contributed by atoms with E-state index in [1.165, 1.54) is 25.7 Å². The number of nitrogens with zero attached hydrogens (tertiary/aromatic N) is 2. The van der Waals surface area contributed by atoms with E-state index in [1.54, 1.807) is 0 Å². The van der Waals surface area contributed by atoms with Crippen LogP contribution in [0.2, 0.25) is 0 Å². The second-order valence-corrected chi connectivity index (χ2v) is 5.83. The van der Waals surface area contributed by atoms with Crippen molar-refractivity contribution in [1.29, 1.82) is 5.26 Å². The van der Waals surface area contributed by atoms with Crippen molar-refractivity contribution in [2.45, 2.75) is 69.9 Å². The number of hydrogen-bond donors (Lipinski definition) is 1. The van der Waals surface area contributed by atoms with E-state index in [4.69, 9.17) is 0 Å². The molecule has 1 N–H and O–H groups in total. The van der Waals surface area contributed by atoms with E-state index >= 15 is 0 Å². The van der Waals surface area contributed by atoms with E-state index in [0.717, 1.165) is 38.8 Å². The molecule has 1 heterocycles. The maximum Gasteiger partial charge on any atom is 0.225 e. The van der Waals surface area contributed by atoms with Crippen LogP contribution in [0.25, 0.3) is 0 Å². The van der Waals surface area contributed by atoms with Gasteiger partial charge in [-0.25, -0.2) is 0 Å². The highest BCUT2D eigenvalue weighted by Gasteiger charge is 2.23. The summed E-state index contributed by atoms with van der Waals surface area (Å²) in [6, 6.07) is 2.39. The summed E-state index contributed by atoms with van der Waals surface area (Å²) < 4.78 is 0. The van der Waals surface area contributed by atoms with Gasteiger partial charge in [-0.3, -0.25) is 10.1 Å². The first-order chi connectivity index (χ1) is 9.29. The normalized spacial score (nSPS) is 22.8. The SMILES string of the molecule is N#CC(CC(=O)N1CCCCC1)NC1CCCCC1. The van der Waals surface area contributed by atoms with Gasteiger partial charge in [0.05, 0.1) is 12.5 Å². The summed E-state index contributed by atoms with van der Waals surface area (Å²) in [5.74, 6) is 0.148. The zero-order chi connectivity index (χ0) is 13.5. The molecule has 1 atom stereocenters. The minimum absolute atomic E-state index is 0.148.